The average Bonchev–Trinajstić information content (AvgIpc) is 2.68. The Morgan fingerprint density at radius 3 is 1.59 bits per heavy atom. The van der Waals surface area contributed by atoms with Gasteiger partial charge in [-0.15, -0.1) is 0 Å². The van der Waals surface area contributed by atoms with E-state index in [0.29, 0.717) is 13.0 Å². The molecule has 0 fully saturated rings. The summed E-state index contributed by atoms with van der Waals surface area (Å²) >= 11 is 0. The molecule has 27 heavy (non-hydrogen) atoms. The van der Waals surface area contributed by atoms with Crippen molar-refractivity contribution in [3.8, 4) is 0 Å². The molecule has 0 saturated carbocycles. The fraction of sp³-hybridized carbons (Fsp3) is 0.875. The van der Waals surface area contributed by atoms with Gasteiger partial charge in [0, 0.05) is 6.42 Å². The molecule has 0 heterocycles. The Bertz CT molecular complexity index is 328. The lowest BCUT2D eigenvalue weighted by atomic mass is 10.1. The monoisotopic (exact) mass is 381 g/mol. The van der Waals surface area contributed by atoms with Crippen molar-refractivity contribution >= 4 is 5.91 Å². The van der Waals surface area contributed by atoms with E-state index >= 15 is 0 Å². The van der Waals surface area contributed by atoms with Crippen LogP contribution in [0.4, 0.5) is 0 Å². The molecule has 0 radical (unpaired) electrons. The van der Waals surface area contributed by atoms with Crippen molar-refractivity contribution in [1.82, 2.24) is 5.48 Å². The topological polar surface area (TPSA) is 38.3 Å². The van der Waals surface area contributed by atoms with Gasteiger partial charge in [-0.2, -0.15) is 0 Å². The van der Waals surface area contributed by atoms with Gasteiger partial charge in [0.15, 0.2) is 0 Å². The zero-order chi connectivity index (χ0) is 19.8. The maximum absolute atomic E-state index is 11.3. The fourth-order valence-electron chi connectivity index (χ4n) is 3.27. The zero-order valence-electron chi connectivity index (χ0n) is 18.4. The van der Waals surface area contributed by atoms with Crippen LogP contribution >= 0.6 is 0 Å². The van der Waals surface area contributed by atoms with Crippen molar-refractivity contribution in [2.45, 2.75) is 129 Å². The molecule has 0 aliphatic heterocycles. The minimum atomic E-state index is 0.0119. The van der Waals surface area contributed by atoms with Crippen LogP contribution in [-0.2, 0) is 9.63 Å². The van der Waals surface area contributed by atoms with Crippen LogP contribution in [0.5, 0.6) is 0 Å². The quantitative estimate of drug-likeness (QED) is 0.126. The summed E-state index contributed by atoms with van der Waals surface area (Å²) in [5.41, 5.74) is 2.45. The summed E-state index contributed by atoms with van der Waals surface area (Å²) in [4.78, 5) is 16.2. The second-order valence-electron chi connectivity index (χ2n) is 7.71. The Morgan fingerprint density at radius 2 is 1.11 bits per heavy atom. The summed E-state index contributed by atoms with van der Waals surface area (Å²) in [6.45, 7) is 4.67. The van der Waals surface area contributed by atoms with Crippen molar-refractivity contribution in [1.29, 1.82) is 0 Å². The van der Waals surface area contributed by atoms with Gasteiger partial charge in [0.1, 0.15) is 0 Å². The molecule has 0 aromatic rings. The third-order valence-corrected chi connectivity index (χ3v) is 5.00. The van der Waals surface area contributed by atoms with Crippen molar-refractivity contribution in [3.05, 3.63) is 12.2 Å². The lowest BCUT2D eigenvalue weighted by molar-refractivity contribution is -0.133. The normalized spacial score (nSPS) is 11.3. The summed E-state index contributed by atoms with van der Waals surface area (Å²) in [6, 6.07) is 0. The van der Waals surface area contributed by atoms with E-state index in [4.69, 9.17) is 4.84 Å². The van der Waals surface area contributed by atoms with E-state index in [1.165, 1.54) is 96.3 Å². The van der Waals surface area contributed by atoms with Gasteiger partial charge < -0.3 is 0 Å². The van der Waals surface area contributed by atoms with Gasteiger partial charge in [0.25, 0.3) is 0 Å². The van der Waals surface area contributed by atoms with Gasteiger partial charge in [-0.3, -0.25) is 9.63 Å². The van der Waals surface area contributed by atoms with E-state index in [1.807, 2.05) is 6.92 Å². The molecule has 0 rings (SSSR count). The number of hydrogen-bond acceptors (Lipinski definition) is 2. The predicted octanol–water partition coefficient (Wildman–Crippen LogP) is 7.65. The number of carbonyl (C=O) groups is 1. The molecule has 160 valence electrons. The molecule has 0 saturated heterocycles. The van der Waals surface area contributed by atoms with E-state index in [9.17, 15) is 4.79 Å². The Kier molecular flexibility index (Phi) is 22.5. The van der Waals surface area contributed by atoms with Crippen molar-refractivity contribution in [2.75, 3.05) is 6.61 Å². The summed E-state index contributed by atoms with van der Waals surface area (Å²) < 4.78 is 0. The first-order valence-corrected chi connectivity index (χ1v) is 11.9. The summed E-state index contributed by atoms with van der Waals surface area (Å²) in [5.74, 6) is 0.0119. The molecule has 0 aromatic carbocycles. The van der Waals surface area contributed by atoms with Crippen LogP contribution in [0.3, 0.4) is 0 Å². The Balaban J connectivity index is 3.12. The standard InChI is InChI=1S/C24H47NO2/c1-3-5-6-7-8-9-10-11-12-13-14-15-16-17-18-19-20-21-22-23-24(26)25-27-4-2/h11-12H,3-10,13-23H2,1-2H3,(H,25,26). The minimum Gasteiger partial charge on any atom is -0.274 e. The van der Waals surface area contributed by atoms with E-state index in [1.54, 1.807) is 0 Å². The lowest BCUT2D eigenvalue weighted by Crippen LogP contribution is -2.23. The maximum Gasteiger partial charge on any atom is 0.243 e. The third-order valence-electron chi connectivity index (χ3n) is 5.00. The highest BCUT2D eigenvalue weighted by Crippen LogP contribution is 2.12. The van der Waals surface area contributed by atoms with Crippen molar-refractivity contribution < 1.29 is 9.63 Å². The average molecular weight is 382 g/mol. The molecule has 3 heteroatoms. The molecule has 0 unspecified atom stereocenters. The van der Waals surface area contributed by atoms with E-state index < -0.39 is 0 Å². The van der Waals surface area contributed by atoms with Crippen LogP contribution in [0.25, 0.3) is 0 Å². The van der Waals surface area contributed by atoms with Crippen LogP contribution in [0, 0.1) is 0 Å². The molecule has 0 spiro atoms. The van der Waals surface area contributed by atoms with Crippen molar-refractivity contribution in [3.63, 3.8) is 0 Å². The molecule has 1 amide bonds. The predicted molar refractivity (Wildman–Crippen MR) is 118 cm³/mol. The van der Waals surface area contributed by atoms with Gasteiger partial charge in [0.05, 0.1) is 6.61 Å². The molecule has 0 bridgehead atoms. The van der Waals surface area contributed by atoms with Crippen LogP contribution < -0.4 is 5.48 Å². The van der Waals surface area contributed by atoms with Gasteiger partial charge in [0.2, 0.25) is 5.91 Å². The molecular formula is C24H47NO2. The molecule has 1 N–H and O–H groups in total. The van der Waals surface area contributed by atoms with Gasteiger partial charge in [-0.05, 0) is 39.0 Å². The lowest BCUT2D eigenvalue weighted by Gasteiger charge is -2.04. The molecule has 0 aromatic heterocycles. The Hall–Kier alpha value is -0.830. The number of amides is 1. The molecule has 0 atom stereocenters. The van der Waals surface area contributed by atoms with E-state index in [-0.39, 0.29) is 5.91 Å². The Labute approximate surface area is 169 Å². The van der Waals surface area contributed by atoms with Crippen LogP contribution in [0.1, 0.15) is 129 Å². The number of nitrogens with one attached hydrogen (secondary N) is 1. The number of hydroxylamine groups is 1. The van der Waals surface area contributed by atoms with E-state index in [2.05, 4.69) is 24.6 Å². The maximum atomic E-state index is 11.3. The number of rotatable bonds is 21. The smallest absolute Gasteiger partial charge is 0.243 e. The fourth-order valence-corrected chi connectivity index (χ4v) is 3.27. The second-order valence-corrected chi connectivity index (χ2v) is 7.71. The summed E-state index contributed by atoms with van der Waals surface area (Å²) in [6.07, 6.45) is 27.8. The van der Waals surface area contributed by atoms with Gasteiger partial charge in [-0.25, -0.2) is 5.48 Å². The first kappa shape index (κ1) is 26.2. The summed E-state index contributed by atoms with van der Waals surface area (Å²) in [7, 11) is 0. The SMILES string of the molecule is CCCCCCCCC=CCCCCCCCCCCCC(=O)NOCC. The Morgan fingerprint density at radius 1 is 0.667 bits per heavy atom. The molecule has 0 aliphatic rings. The first-order chi connectivity index (χ1) is 13.3. The summed E-state index contributed by atoms with van der Waals surface area (Å²) in [5, 5.41) is 0. The highest BCUT2D eigenvalue weighted by atomic mass is 16.6. The third kappa shape index (κ3) is 23.1. The van der Waals surface area contributed by atoms with Crippen LogP contribution in [0.2, 0.25) is 0 Å². The number of hydrogen-bond donors (Lipinski definition) is 1. The number of carbonyl (C=O) groups excluding carboxylic acids is 1. The minimum absolute atomic E-state index is 0.0119. The number of unbranched alkanes of at least 4 members (excludes halogenated alkanes) is 15. The second kappa shape index (κ2) is 23.2. The highest BCUT2D eigenvalue weighted by Gasteiger charge is 2.00. The highest BCUT2D eigenvalue weighted by molar-refractivity contribution is 5.74. The van der Waals surface area contributed by atoms with E-state index in [0.717, 1.165) is 12.8 Å². The van der Waals surface area contributed by atoms with Gasteiger partial charge >= 0.3 is 0 Å². The zero-order valence-corrected chi connectivity index (χ0v) is 18.4. The molecule has 0 aliphatic carbocycles. The van der Waals surface area contributed by atoms with Crippen LogP contribution in [0.15, 0.2) is 12.2 Å². The largest absolute Gasteiger partial charge is 0.274 e. The molecular weight excluding hydrogens is 334 g/mol. The number of allylic oxidation sites excluding steroid dienone is 2. The van der Waals surface area contributed by atoms with Crippen LogP contribution in [-0.4, -0.2) is 12.5 Å². The molecule has 3 nitrogen and oxygen atoms in total. The van der Waals surface area contributed by atoms with Crippen molar-refractivity contribution in [2.24, 2.45) is 0 Å². The first-order valence-electron chi connectivity index (χ1n) is 11.9. The van der Waals surface area contributed by atoms with Gasteiger partial charge in [-0.1, -0.05) is 96.1 Å².